The summed E-state index contributed by atoms with van der Waals surface area (Å²) in [6, 6.07) is 25.0. The first-order valence-corrected chi connectivity index (χ1v) is 10.8. The summed E-state index contributed by atoms with van der Waals surface area (Å²) >= 11 is 1.49. The molecule has 1 amide bonds. The number of aromatic nitrogens is 2. The van der Waals surface area contributed by atoms with Gasteiger partial charge in [-0.2, -0.15) is 0 Å². The van der Waals surface area contributed by atoms with Gasteiger partial charge in [-0.1, -0.05) is 54.6 Å². The average Bonchev–Trinajstić information content (AvgIpc) is 3.45. The molecule has 3 heterocycles. The van der Waals surface area contributed by atoms with Crippen molar-refractivity contribution in [3.05, 3.63) is 107 Å². The number of fused-ring (bicyclic) bond motifs is 1. The van der Waals surface area contributed by atoms with Crippen molar-refractivity contribution in [1.29, 1.82) is 0 Å². The van der Waals surface area contributed by atoms with E-state index in [4.69, 9.17) is 4.42 Å². The Bertz CT molecular complexity index is 1280. The summed E-state index contributed by atoms with van der Waals surface area (Å²) in [5.41, 5.74) is 3.29. The molecule has 1 unspecified atom stereocenters. The fraction of sp³-hybridized carbons (Fsp3) is 0.0800. The van der Waals surface area contributed by atoms with Crippen LogP contribution in [0.15, 0.2) is 94.9 Å². The first-order chi connectivity index (χ1) is 15.3. The van der Waals surface area contributed by atoms with Gasteiger partial charge in [0.25, 0.3) is 0 Å². The summed E-state index contributed by atoms with van der Waals surface area (Å²) in [5.74, 6) is 0.584. The van der Waals surface area contributed by atoms with Gasteiger partial charge in [0, 0.05) is 17.0 Å². The molecule has 1 atom stereocenters. The minimum absolute atomic E-state index is 0.118. The molecule has 5 nitrogen and oxygen atoms in total. The third-order valence-corrected chi connectivity index (χ3v) is 5.86. The SMILES string of the molecule is O=C(Cc1csc(-c2ccccn2)n1)NC(c1ccccc1)c1cc2ccccc2o1. The number of carbonyl (C=O) groups is 1. The number of para-hydroxylation sites is 1. The zero-order valence-electron chi connectivity index (χ0n) is 16.6. The zero-order chi connectivity index (χ0) is 21.0. The van der Waals surface area contributed by atoms with Crippen LogP contribution in [0.4, 0.5) is 0 Å². The van der Waals surface area contributed by atoms with E-state index >= 15 is 0 Å². The number of rotatable bonds is 6. The number of carbonyl (C=O) groups excluding carboxylic acids is 1. The fourth-order valence-corrected chi connectivity index (χ4v) is 4.28. The molecule has 0 saturated heterocycles. The number of furan rings is 1. The molecule has 5 aromatic rings. The second-order valence-corrected chi connectivity index (χ2v) is 7.99. The van der Waals surface area contributed by atoms with E-state index in [0.717, 1.165) is 32.9 Å². The van der Waals surface area contributed by atoms with Gasteiger partial charge in [0.05, 0.1) is 17.8 Å². The third kappa shape index (κ3) is 4.25. The minimum atomic E-state index is -0.380. The second-order valence-electron chi connectivity index (χ2n) is 7.13. The highest BCUT2D eigenvalue weighted by atomic mass is 32.1. The first-order valence-electron chi connectivity index (χ1n) is 9.95. The van der Waals surface area contributed by atoms with E-state index in [9.17, 15) is 4.79 Å². The highest BCUT2D eigenvalue weighted by Gasteiger charge is 2.21. The van der Waals surface area contributed by atoms with Crippen LogP contribution in [-0.2, 0) is 11.2 Å². The number of thiazole rings is 1. The van der Waals surface area contributed by atoms with Crippen molar-refractivity contribution in [2.45, 2.75) is 12.5 Å². The molecule has 2 aromatic carbocycles. The molecule has 5 rings (SSSR count). The van der Waals surface area contributed by atoms with E-state index in [2.05, 4.69) is 15.3 Å². The molecular weight excluding hydrogens is 406 g/mol. The number of benzene rings is 2. The van der Waals surface area contributed by atoms with Crippen molar-refractivity contribution in [3.63, 3.8) is 0 Å². The summed E-state index contributed by atoms with van der Waals surface area (Å²) in [5, 5.41) is 6.84. The molecule has 0 aliphatic carbocycles. The van der Waals surface area contributed by atoms with Crippen molar-refractivity contribution >= 4 is 28.2 Å². The summed E-state index contributed by atoms with van der Waals surface area (Å²) in [7, 11) is 0. The summed E-state index contributed by atoms with van der Waals surface area (Å²) in [4.78, 5) is 21.8. The lowest BCUT2D eigenvalue weighted by molar-refractivity contribution is -0.121. The summed E-state index contributed by atoms with van der Waals surface area (Å²) in [6.07, 6.45) is 1.92. The van der Waals surface area contributed by atoms with Gasteiger partial charge >= 0.3 is 0 Å². The molecule has 0 bridgehead atoms. The smallest absolute Gasteiger partial charge is 0.226 e. The molecule has 0 fully saturated rings. The monoisotopic (exact) mass is 425 g/mol. The van der Waals surface area contributed by atoms with E-state index in [1.165, 1.54) is 11.3 Å². The molecular formula is C25H19N3O2S. The standard InChI is InChI=1S/C25H19N3O2S/c29-23(15-19-16-31-25(27-19)20-11-6-7-13-26-20)28-24(17-8-2-1-3-9-17)22-14-18-10-4-5-12-21(18)30-22/h1-14,16,24H,15H2,(H,28,29). The Morgan fingerprint density at radius 1 is 1.00 bits per heavy atom. The maximum Gasteiger partial charge on any atom is 0.226 e. The van der Waals surface area contributed by atoms with Crippen LogP contribution in [0.2, 0.25) is 0 Å². The molecule has 1 N–H and O–H groups in total. The Morgan fingerprint density at radius 3 is 2.61 bits per heavy atom. The predicted molar refractivity (Wildman–Crippen MR) is 122 cm³/mol. The van der Waals surface area contributed by atoms with E-state index < -0.39 is 0 Å². The topological polar surface area (TPSA) is 68.0 Å². The van der Waals surface area contributed by atoms with Gasteiger partial charge in [0.2, 0.25) is 5.91 Å². The number of hydrogen-bond donors (Lipinski definition) is 1. The van der Waals surface area contributed by atoms with Gasteiger partial charge in [-0.05, 0) is 29.8 Å². The highest BCUT2D eigenvalue weighted by Crippen LogP contribution is 2.28. The molecule has 3 aromatic heterocycles. The largest absolute Gasteiger partial charge is 0.459 e. The van der Waals surface area contributed by atoms with Crippen LogP contribution in [0.3, 0.4) is 0 Å². The van der Waals surface area contributed by atoms with Crippen molar-refractivity contribution < 1.29 is 9.21 Å². The molecule has 0 aliphatic rings. The molecule has 0 aliphatic heterocycles. The van der Waals surface area contributed by atoms with Gasteiger partial charge < -0.3 is 9.73 Å². The third-order valence-electron chi connectivity index (χ3n) is 4.94. The Morgan fingerprint density at radius 2 is 1.81 bits per heavy atom. The molecule has 0 saturated carbocycles. The van der Waals surface area contributed by atoms with Crippen molar-refractivity contribution in [3.8, 4) is 10.7 Å². The second kappa shape index (κ2) is 8.53. The van der Waals surface area contributed by atoms with Gasteiger partial charge in [-0.3, -0.25) is 9.78 Å². The Kier molecular flexibility index (Phi) is 5.29. The average molecular weight is 426 g/mol. The molecule has 0 radical (unpaired) electrons. The number of amides is 1. The normalized spacial score (nSPS) is 12.0. The van der Waals surface area contributed by atoms with Crippen molar-refractivity contribution in [2.24, 2.45) is 0 Å². The first kappa shape index (κ1) is 19.2. The summed E-state index contributed by atoms with van der Waals surface area (Å²) < 4.78 is 6.06. The van der Waals surface area contributed by atoms with E-state index in [0.29, 0.717) is 5.76 Å². The molecule has 0 spiro atoms. The highest BCUT2D eigenvalue weighted by molar-refractivity contribution is 7.13. The lowest BCUT2D eigenvalue weighted by Crippen LogP contribution is -2.30. The maximum absolute atomic E-state index is 12.9. The number of nitrogens with one attached hydrogen (secondary N) is 1. The minimum Gasteiger partial charge on any atom is -0.459 e. The molecule has 31 heavy (non-hydrogen) atoms. The lowest BCUT2D eigenvalue weighted by Gasteiger charge is -2.17. The molecule has 6 heteroatoms. The van der Waals surface area contributed by atoms with Crippen LogP contribution < -0.4 is 5.32 Å². The van der Waals surface area contributed by atoms with Crippen LogP contribution in [0.1, 0.15) is 23.1 Å². The maximum atomic E-state index is 12.9. The Hall–Kier alpha value is -3.77. The van der Waals surface area contributed by atoms with Crippen molar-refractivity contribution in [2.75, 3.05) is 0 Å². The van der Waals surface area contributed by atoms with Crippen LogP contribution >= 0.6 is 11.3 Å². The predicted octanol–water partition coefficient (Wildman–Crippen LogP) is 5.40. The van der Waals surface area contributed by atoms with Gasteiger partial charge in [0.15, 0.2) is 0 Å². The van der Waals surface area contributed by atoms with Crippen LogP contribution in [0, 0.1) is 0 Å². The zero-order valence-corrected chi connectivity index (χ0v) is 17.4. The van der Waals surface area contributed by atoms with Gasteiger partial charge in [-0.15, -0.1) is 11.3 Å². The van der Waals surface area contributed by atoms with Gasteiger partial charge in [-0.25, -0.2) is 4.98 Å². The quantitative estimate of drug-likeness (QED) is 0.396. The van der Waals surface area contributed by atoms with Crippen LogP contribution in [0.25, 0.3) is 21.7 Å². The lowest BCUT2D eigenvalue weighted by atomic mass is 10.0. The van der Waals surface area contributed by atoms with Crippen LogP contribution in [0.5, 0.6) is 0 Å². The molecule has 152 valence electrons. The number of pyridine rings is 1. The van der Waals surface area contributed by atoms with Gasteiger partial charge in [0.1, 0.15) is 22.4 Å². The van der Waals surface area contributed by atoms with E-state index in [1.54, 1.807) is 6.20 Å². The van der Waals surface area contributed by atoms with E-state index in [1.807, 2.05) is 84.2 Å². The Labute approximate surface area is 183 Å². The Balaban J connectivity index is 1.38. The number of hydrogen-bond acceptors (Lipinski definition) is 5. The number of nitrogens with zero attached hydrogens (tertiary/aromatic N) is 2. The van der Waals surface area contributed by atoms with E-state index in [-0.39, 0.29) is 18.4 Å². The van der Waals surface area contributed by atoms with Crippen LogP contribution in [-0.4, -0.2) is 15.9 Å². The summed E-state index contributed by atoms with van der Waals surface area (Å²) in [6.45, 7) is 0. The van der Waals surface area contributed by atoms with Crippen molar-refractivity contribution in [1.82, 2.24) is 15.3 Å². The fourth-order valence-electron chi connectivity index (χ4n) is 3.48.